The highest BCUT2D eigenvalue weighted by atomic mass is 32.1. The first-order valence-corrected chi connectivity index (χ1v) is 12.3. The van der Waals surface area contributed by atoms with Gasteiger partial charge in [0.15, 0.2) is 0 Å². The van der Waals surface area contributed by atoms with Gasteiger partial charge in [-0.3, -0.25) is 14.5 Å². The third-order valence-corrected chi connectivity index (χ3v) is 7.25. The SMILES string of the molecule is COc1ccc(N2CCN([C@@H](c3cccs3)[C@@H](C)NC(=O)C(=O)N3CCOCC3)CC2)cc1. The number of ether oxygens (including phenoxy) is 2. The molecule has 1 aromatic heterocycles. The van der Waals surface area contributed by atoms with Crippen molar-refractivity contribution in [3.8, 4) is 5.75 Å². The summed E-state index contributed by atoms with van der Waals surface area (Å²) >= 11 is 1.69. The van der Waals surface area contributed by atoms with Gasteiger partial charge in [-0.15, -0.1) is 11.3 Å². The molecule has 33 heavy (non-hydrogen) atoms. The minimum Gasteiger partial charge on any atom is -0.497 e. The number of nitrogens with one attached hydrogen (secondary N) is 1. The first-order valence-electron chi connectivity index (χ1n) is 11.4. The molecule has 2 aliphatic heterocycles. The van der Waals surface area contributed by atoms with E-state index in [4.69, 9.17) is 9.47 Å². The predicted octanol–water partition coefficient (Wildman–Crippen LogP) is 1.98. The first kappa shape index (κ1) is 23.5. The molecule has 2 amide bonds. The smallest absolute Gasteiger partial charge is 0.312 e. The van der Waals surface area contributed by atoms with Crippen molar-refractivity contribution in [3.63, 3.8) is 0 Å². The molecule has 0 aliphatic carbocycles. The Labute approximate surface area is 199 Å². The number of carbonyl (C=O) groups excluding carboxylic acids is 2. The summed E-state index contributed by atoms with van der Waals surface area (Å²) in [5.41, 5.74) is 1.18. The fourth-order valence-electron chi connectivity index (χ4n) is 4.51. The van der Waals surface area contributed by atoms with Crippen molar-refractivity contribution in [1.82, 2.24) is 15.1 Å². The quantitative estimate of drug-likeness (QED) is 0.649. The second-order valence-corrected chi connectivity index (χ2v) is 9.33. The van der Waals surface area contributed by atoms with Crippen LogP contribution >= 0.6 is 11.3 Å². The number of rotatable bonds is 6. The number of morpholine rings is 1. The van der Waals surface area contributed by atoms with Crippen molar-refractivity contribution < 1.29 is 19.1 Å². The zero-order chi connectivity index (χ0) is 23.2. The molecule has 2 fully saturated rings. The van der Waals surface area contributed by atoms with Crippen LogP contribution in [0.25, 0.3) is 0 Å². The Morgan fingerprint density at radius 1 is 1.03 bits per heavy atom. The minimum absolute atomic E-state index is 0.0180. The number of benzene rings is 1. The summed E-state index contributed by atoms with van der Waals surface area (Å²) in [4.78, 5) is 32.9. The number of methoxy groups -OCH3 is 1. The normalized spacial score (nSPS) is 19.1. The largest absolute Gasteiger partial charge is 0.497 e. The van der Waals surface area contributed by atoms with E-state index >= 15 is 0 Å². The standard InChI is InChI=1S/C24H32N4O4S/c1-18(25-23(29)24(30)28-13-15-32-16-14-28)22(21-4-3-17-33-21)27-11-9-26(10-12-27)19-5-7-20(31-2)8-6-19/h3-8,17-18,22H,9-16H2,1-2H3,(H,25,29)/t18-,22-/m1/s1. The molecular weight excluding hydrogens is 440 g/mol. The van der Waals surface area contributed by atoms with E-state index in [-0.39, 0.29) is 12.1 Å². The van der Waals surface area contributed by atoms with Gasteiger partial charge in [-0.25, -0.2) is 0 Å². The van der Waals surface area contributed by atoms with Gasteiger partial charge in [0.05, 0.1) is 26.4 Å². The van der Waals surface area contributed by atoms with Crippen LogP contribution in [-0.4, -0.2) is 87.2 Å². The number of nitrogens with zero attached hydrogens (tertiary/aromatic N) is 3. The summed E-state index contributed by atoms with van der Waals surface area (Å²) in [5.74, 6) is -0.159. The van der Waals surface area contributed by atoms with Gasteiger partial charge in [0.25, 0.3) is 0 Å². The number of thiophene rings is 1. The van der Waals surface area contributed by atoms with Crippen LogP contribution in [0.5, 0.6) is 5.75 Å². The lowest BCUT2D eigenvalue weighted by Gasteiger charge is -2.42. The zero-order valence-corrected chi connectivity index (χ0v) is 20.1. The molecule has 1 aromatic carbocycles. The highest BCUT2D eigenvalue weighted by molar-refractivity contribution is 7.10. The third kappa shape index (κ3) is 5.66. The summed E-state index contributed by atoms with van der Waals surface area (Å²) in [6.07, 6.45) is 0. The number of carbonyl (C=O) groups is 2. The minimum atomic E-state index is -0.539. The lowest BCUT2D eigenvalue weighted by atomic mass is 10.0. The van der Waals surface area contributed by atoms with Crippen LogP contribution < -0.4 is 15.0 Å². The van der Waals surface area contributed by atoms with E-state index in [2.05, 4.69) is 38.7 Å². The average molecular weight is 473 g/mol. The van der Waals surface area contributed by atoms with Crippen LogP contribution in [-0.2, 0) is 14.3 Å². The number of piperazine rings is 1. The molecule has 2 aromatic rings. The molecule has 2 saturated heterocycles. The number of amides is 2. The van der Waals surface area contributed by atoms with E-state index in [1.165, 1.54) is 10.6 Å². The first-order chi connectivity index (χ1) is 16.1. The highest BCUT2D eigenvalue weighted by Gasteiger charge is 2.33. The summed E-state index contributed by atoms with van der Waals surface area (Å²) in [5, 5.41) is 5.04. The molecule has 3 heterocycles. The number of hydrogen-bond acceptors (Lipinski definition) is 7. The maximum Gasteiger partial charge on any atom is 0.312 e. The molecular formula is C24H32N4O4S. The lowest BCUT2D eigenvalue weighted by Crippen LogP contribution is -2.54. The van der Waals surface area contributed by atoms with Crippen LogP contribution in [0.3, 0.4) is 0 Å². The van der Waals surface area contributed by atoms with Crippen LogP contribution in [0.15, 0.2) is 41.8 Å². The van der Waals surface area contributed by atoms with Gasteiger partial charge in [0, 0.05) is 55.9 Å². The fourth-order valence-corrected chi connectivity index (χ4v) is 5.47. The molecule has 0 saturated carbocycles. The van der Waals surface area contributed by atoms with Gasteiger partial charge >= 0.3 is 11.8 Å². The van der Waals surface area contributed by atoms with Crippen molar-refractivity contribution in [2.75, 3.05) is 64.5 Å². The summed E-state index contributed by atoms with van der Waals surface area (Å²) in [6, 6.07) is 12.1. The zero-order valence-electron chi connectivity index (χ0n) is 19.2. The summed E-state index contributed by atoms with van der Waals surface area (Å²) < 4.78 is 10.6. The van der Waals surface area contributed by atoms with E-state index in [0.29, 0.717) is 26.3 Å². The van der Waals surface area contributed by atoms with E-state index in [1.807, 2.05) is 25.1 Å². The van der Waals surface area contributed by atoms with Crippen molar-refractivity contribution in [2.45, 2.75) is 19.0 Å². The Morgan fingerprint density at radius 2 is 1.73 bits per heavy atom. The van der Waals surface area contributed by atoms with Crippen LogP contribution in [0.2, 0.25) is 0 Å². The molecule has 4 rings (SSSR count). The third-order valence-electron chi connectivity index (χ3n) is 6.30. The van der Waals surface area contributed by atoms with Gasteiger partial charge in [0.1, 0.15) is 5.75 Å². The molecule has 178 valence electrons. The monoisotopic (exact) mass is 472 g/mol. The Balaban J connectivity index is 1.40. The van der Waals surface area contributed by atoms with Crippen molar-refractivity contribution in [3.05, 3.63) is 46.7 Å². The van der Waals surface area contributed by atoms with Crippen LogP contribution in [0, 0.1) is 0 Å². The molecule has 9 heteroatoms. The highest BCUT2D eigenvalue weighted by Crippen LogP contribution is 2.30. The van der Waals surface area contributed by atoms with Gasteiger partial charge in [-0.1, -0.05) is 6.07 Å². The topological polar surface area (TPSA) is 74.4 Å². The average Bonchev–Trinajstić information content (AvgIpc) is 3.39. The van der Waals surface area contributed by atoms with E-state index in [9.17, 15) is 9.59 Å². The molecule has 0 spiro atoms. The van der Waals surface area contributed by atoms with Gasteiger partial charge in [-0.2, -0.15) is 0 Å². The second kappa shape index (κ2) is 11.0. The molecule has 0 unspecified atom stereocenters. The Bertz CT molecular complexity index is 907. The van der Waals surface area contributed by atoms with E-state index in [1.54, 1.807) is 23.3 Å². The molecule has 2 atom stereocenters. The van der Waals surface area contributed by atoms with Gasteiger partial charge < -0.3 is 24.6 Å². The molecule has 1 N–H and O–H groups in total. The molecule has 0 radical (unpaired) electrons. The maximum atomic E-state index is 12.7. The van der Waals surface area contributed by atoms with Gasteiger partial charge in [-0.05, 0) is 42.6 Å². The van der Waals surface area contributed by atoms with Crippen LogP contribution in [0.1, 0.15) is 17.8 Å². The number of anilines is 1. The van der Waals surface area contributed by atoms with E-state index in [0.717, 1.165) is 31.9 Å². The Kier molecular flexibility index (Phi) is 7.85. The van der Waals surface area contributed by atoms with Gasteiger partial charge in [0.2, 0.25) is 0 Å². The van der Waals surface area contributed by atoms with Crippen molar-refractivity contribution in [2.24, 2.45) is 0 Å². The van der Waals surface area contributed by atoms with Crippen molar-refractivity contribution >= 4 is 28.8 Å². The van der Waals surface area contributed by atoms with E-state index < -0.39 is 11.8 Å². The Hall–Kier alpha value is -2.62. The van der Waals surface area contributed by atoms with Crippen molar-refractivity contribution in [1.29, 1.82) is 0 Å². The summed E-state index contributed by atoms with van der Waals surface area (Å²) in [6.45, 7) is 7.38. The van der Waals surface area contributed by atoms with Crippen LogP contribution in [0.4, 0.5) is 5.69 Å². The molecule has 8 nitrogen and oxygen atoms in total. The maximum absolute atomic E-state index is 12.7. The molecule has 2 aliphatic rings. The Morgan fingerprint density at radius 3 is 2.33 bits per heavy atom. The predicted molar refractivity (Wildman–Crippen MR) is 129 cm³/mol. The second-order valence-electron chi connectivity index (χ2n) is 8.35. The fraction of sp³-hybridized carbons (Fsp3) is 0.500. The molecule has 0 bridgehead atoms. The number of hydrogen-bond donors (Lipinski definition) is 1. The summed E-state index contributed by atoms with van der Waals surface area (Å²) in [7, 11) is 1.67. The lowest BCUT2D eigenvalue weighted by molar-refractivity contribution is -0.149.